The number of methoxy groups -OCH3 is 1. The van der Waals surface area contributed by atoms with Crippen LogP contribution >= 0.6 is 0 Å². The van der Waals surface area contributed by atoms with Gasteiger partial charge in [0.2, 0.25) is 0 Å². The minimum absolute atomic E-state index is 0.211. The highest BCUT2D eigenvalue weighted by molar-refractivity contribution is 5.82. The lowest BCUT2D eigenvalue weighted by Crippen LogP contribution is -2.19. The van der Waals surface area contributed by atoms with Gasteiger partial charge in [-0.2, -0.15) is 0 Å². The number of fused-ring (bicyclic) bond motifs is 1. The fourth-order valence-corrected chi connectivity index (χ4v) is 2.55. The Kier molecular flexibility index (Phi) is 4.83. The third kappa shape index (κ3) is 2.86. The predicted molar refractivity (Wildman–Crippen MR) is 81.6 cm³/mol. The van der Waals surface area contributed by atoms with Gasteiger partial charge in [-0.3, -0.25) is 4.79 Å². The van der Waals surface area contributed by atoms with E-state index in [-0.39, 0.29) is 11.9 Å². The Labute approximate surface area is 124 Å². The summed E-state index contributed by atoms with van der Waals surface area (Å²) in [5, 5.41) is 0. The molecule has 114 valence electrons. The lowest BCUT2D eigenvalue weighted by atomic mass is 10.1. The van der Waals surface area contributed by atoms with Crippen LogP contribution in [0.4, 0.5) is 0 Å². The van der Waals surface area contributed by atoms with Crippen molar-refractivity contribution in [2.45, 2.75) is 39.7 Å². The van der Waals surface area contributed by atoms with Crippen molar-refractivity contribution in [2.75, 3.05) is 13.7 Å². The predicted octanol–water partition coefficient (Wildman–Crippen LogP) is 3.12. The van der Waals surface area contributed by atoms with Gasteiger partial charge in [0, 0.05) is 12.6 Å². The fraction of sp³-hybridized carbons (Fsp3) is 0.500. The molecule has 1 unspecified atom stereocenters. The van der Waals surface area contributed by atoms with Gasteiger partial charge in [0.25, 0.3) is 0 Å². The molecule has 0 bridgehead atoms. The molecule has 21 heavy (non-hydrogen) atoms. The molecular formula is C16H22N2O3. The molecule has 1 atom stereocenters. The summed E-state index contributed by atoms with van der Waals surface area (Å²) >= 11 is 0. The number of aromatic nitrogens is 2. The Hall–Kier alpha value is -2.04. The number of ether oxygens (including phenoxy) is 2. The van der Waals surface area contributed by atoms with Crippen LogP contribution in [0.25, 0.3) is 11.0 Å². The van der Waals surface area contributed by atoms with E-state index in [1.54, 1.807) is 7.11 Å². The molecule has 1 aromatic carbocycles. The number of esters is 1. The molecule has 0 N–H and O–H groups in total. The van der Waals surface area contributed by atoms with Crippen LogP contribution in [0.15, 0.2) is 18.2 Å². The van der Waals surface area contributed by atoms with Gasteiger partial charge in [-0.15, -0.1) is 0 Å². The maximum Gasteiger partial charge on any atom is 0.316 e. The SMILES string of the molecule is CCOC(=O)C(CC)c1nc2cc(OC)ccc2n1CC. The Morgan fingerprint density at radius 2 is 2.10 bits per heavy atom. The molecule has 0 aliphatic rings. The van der Waals surface area contributed by atoms with Crippen molar-refractivity contribution in [1.82, 2.24) is 9.55 Å². The largest absolute Gasteiger partial charge is 0.497 e. The monoisotopic (exact) mass is 290 g/mol. The lowest BCUT2D eigenvalue weighted by molar-refractivity contribution is -0.145. The molecule has 2 aromatic rings. The zero-order valence-electron chi connectivity index (χ0n) is 13.0. The number of hydrogen-bond donors (Lipinski definition) is 0. The maximum absolute atomic E-state index is 12.1. The van der Waals surface area contributed by atoms with E-state index in [4.69, 9.17) is 9.47 Å². The summed E-state index contributed by atoms with van der Waals surface area (Å²) in [6.45, 7) is 6.98. The molecule has 0 radical (unpaired) electrons. The first-order valence-electron chi connectivity index (χ1n) is 7.36. The molecule has 5 nitrogen and oxygen atoms in total. The standard InChI is InChI=1S/C16H22N2O3/c1-5-12(16(19)21-7-3)15-17-13-10-11(20-4)8-9-14(13)18(15)6-2/h8-10,12H,5-7H2,1-4H3. The molecule has 2 rings (SSSR count). The molecule has 1 heterocycles. The van der Waals surface area contributed by atoms with E-state index < -0.39 is 0 Å². The van der Waals surface area contributed by atoms with E-state index in [9.17, 15) is 4.79 Å². The van der Waals surface area contributed by atoms with Crippen LogP contribution in [0.5, 0.6) is 5.75 Å². The molecule has 5 heteroatoms. The zero-order valence-corrected chi connectivity index (χ0v) is 13.0. The molecule has 0 aliphatic carbocycles. The van der Waals surface area contributed by atoms with Gasteiger partial charge in [-0.1, -0.05) is 6.92 Å². The van der Waals surface area contributed by atoms with Gasteiger partial charge in [0.05, 0.1) is 24.8 Å². The van der Waals surface area contributed by atoms with E-state index in [2.05, 4.69) is 9.55 Å². The fourth-order valence-electron chi connectivity index (χ4n) is 2.55. The summed E-state index contributed by atoms with van der Waals surface area (Å²) in [6.07, 6.45) is 0.666. The second-order valence-corrected chi connectivity index (χ2v) is 4.78. The van der Waals surface area contributed by atoms with Crippen molar-refractivity contribution in [3.63, 3.8) is 0 Å². The number of hydrogen-bond acceptors (Lipinski definition) is 4. The topological polar surface area (TPSA) is 53.4 Å². The summed E-state index contributed by atoms with van der Waals surface area (Å²) in [4.78, 5) is 16.8. The van der Waals surface area contributed by atoms with Gasteiger partial charge in [0.15, 0.2) is 0 Å². The van der Waals surface area contributed by atoms with Crippen LogP contribution in [0.1, 0.15) is 38.9 Å². The van der Waals surface area contributed by atoms with Gasteiger partial charge in [0.1, 0.15) is 17.5 Å². The van der Waals surface area contributed by atoms with Crippen molar-refractivity contribution < 1.29 is 14.3 Å². The van der Waals surface area contributed by atoms with Crippen LogP contribution in [0.2, 0.25) is 0 Å². The summed E-state index contributed by atoms with van der Waals surface area (Å²) < 4.78 is 12.5. The highest BCUT2D eigenvalue weighted by Gasteiger charge is 2.26. The van der Waals surface area contributed by atoms with E-state index in [1.165, 1.54) is 0 Å². The van der Waals surface area contributed by atoms with Crippen molar-refractivity contribution in [3.05, 3.63) is 24.0 Å². The number of imidazole rings is 1. The number of nitrogens with zero attached hydrogens (tertiary/aromatic N) is 2. The van der Waals surface area contributed by atoms with Crippen LogP contribution in [-0.2, 0) is 16.1 Å². The first kappa shape index (κ1) is 15.4. The molecule has 0 saturated carbocycles. The average Bonchev–Trinajstić information content (AvgIpc) is 2.85. The highest BCUT2D eigenvalue weighted by atomic mass is 16.5. The number of aryl methyl sites for hydroxylation is 1. The number of carbonyl (C=O) groups is 1. The molecule has 0 fully saturated rings. The van der Waals surface area contributed by atoms with Crippen LogP contribution in [0.3, 0.4) is 0 Å². The van der Waals surface area contributed by atoms with Crippen molar-refractivity contribution >= 4 is 17.0 Å². The minimum Gasteiger partial charge on any atom is -0.497 e. The third-order valence-electron chi connectivity index (χ3n) is 3.59. The Balaban J connectivity index is 2.53. The number of rotatable bonds is 6. The Bertz CT molecular complexity index is 634. The van der Waals surface area contributed by atoms with Crippen molar-refractivity contribution in [1.29, 1.82) is 0 Å². The lowest BCUT2D eigenvalue weighted by Gasteiger charge is -2.14. The summed E-state index contributed by atoms with van der Waals surface area (Å²) in [7, 11) is 1.63. The van der Waals surface area contributed by atoms with Crippen molar-refractivity contribution in [3.8, 4) is 5.75 Å². The average molecular weight is 290 g/mol. The molecule has 0 amide bonds. The quantitative estimate of drug-likeness (QED) is 0.767. The Morgan fingerprint density at radius 1 is 1.33 bits per heavy atom. The van der Waals surface area contributed by atoms with Gasteiger partial charge in [-0.05, 0) is 32.4 Å². The van der Waals surface area contributed by atoms with E-state index in [0.29, 0.717) is 13.0 Å². The molecule has 0 spiro atoms. The third-order valence-corrected chi connectivity index (χ3v) is 3.59. The number of carbonyl (C=O) groups excluding carboxylic acids is 1. The van der Waals surface area contributed by atoms with Crippen LogP contribution in [-0.4, -0.2) is 29.2 Å². The zero-order chi connectivity index (χ0) is 15.4. The molecule has 0 saturated heterocycles. The summed E-state index contributed by atoms with van der Waals surface area (Å²) in [5.74, 6) is 0.987. The maximum atomic E-state index is 12.1. The van der Waals surface area contributed by atoms with E-state index in [1.807, 2.05) is 39.0 Å². The second kappa shape index (κ2) is 6.61. The van der Waals surface area contributed by atoms with Crippen LogP contribution < -0.4 is 4.74 Å². The smallest absolute Gasteiger partial charge is 0.316 e. The van der Waals surface area contributed by atoms with Gasteiger partial charge < -0.3 is 14.0 Å². The number of benzene rings is 1. The first-order valence-corrected chi connectivity index (χ1v) is 7.36. The molecule has 0 aliphatic heterocycles. The normalized spacial score (nSPS) is 12.4. The second-order valence-electron chi connectivity index (χ2n) is 4.78. The van der Waals surface area contributed by atoms with E-state index >= 15 is 0 Å². The minimum atomic E-state index is -0.330. The van der Waals surface area contributed by atoms with Crippen LogP contribution in [0, 0.1) is 0 Å². The van der Waals surface area contributed by atoms with E-state index in [0.717, 1.165) is 29.2 Å². The van der Waals surface area contributed by atoms with Gasteiger partial charge >= 0.3 is 5.97 Å². The molecular weight excluding hydrogens is 268 g/mol. The summed E-state index contributed by atoms with van der Waals surface area (Å²) in [5.41, 5.74) is 1.85. The molecule has 1 aromatic heterocycles. The Morgan fingerprint density at radius 3 is 2.67 bits per heavy atom. The van der Waals surface area contributed by atoms with Gasteiger partial charge in [-0.25, -0.2) is 4.98 Å². The summed E-state index contributed by atoms with van der Waals surface area (Å²) in [6, 6.07) is 5.78. The van der Waals surface area contributed by atoms with Crippen molar-refractivity contribution in [2.24, 2.45) is 0 Å². The first-order chi connectivity index (χ1) is 10.2. The highest BCUT2D eigenvalue weighted by Crippen LogP contribution is 2.27.